The van der Waals surface area contributed by atoms with Gasteiger partial charge in [-0.3, -0.25) is 14.6 Å². The molecule has 32 heavy (non-hydrogen) atoms. The van der Waals surface area contributed by atoms with E-state index in [0.717, 1.165) is 6.07 Å². The molecule has 0 saturated carbocycles. The van der Waals surface area contributed by atoms with Crippen LogP contribution in [0.4, 0.5) is 33.5 Å². The molecule has 3 rings (SSSR count). The maximum atomic E-state index is 14.2. The summed E-state index contributed by atoms with van der Waals surface area (Å²) in [6.45, 7) is 2.26. The van der Waals surface area contributed by atoms with Crippen LogP contribution in [0.15, 0.2) is 30.6 Å². The maximum Gasteiger partial charge on any atom is 0.417 e. The summed E-state index contributed by atoms with van der Waals surface area (Å²) in [6, 6.07) is 3.10. The predicted octanol–water partition coefficient (Wildman–Crippen LogP) is 3.57. The highest BCUT2D eigenvalue weighted by molar-refractivity contribution is 6.08. The summed E-state index contributed by atoms with van der Waals surface area (Å²) in [6.07, 6.45) is -3.02. The molecule has 0 aliphatic carbocycles. The van der Waals surface area contributed by atoms with Crippen LogP contribution in [0.2, 0.25) is 0 Å². The Morgan fingerprint density at radius 1 is 1.16 bits per heavy atom. The van der Waals surface area contributed by atoms with Crippen molar-refractivity contribution in [2.24, 2.45) is 17.6 Å². The third kappa shape index (κ3) is 4.63. The van der Waals surface area contributed by atoms with Gasteiger partial charge in [0.15, 0.2) is 0 Å². The van der Waals surface area contributed by atoms with Crippen molar-refractivity contribution in [1.82, 2.24) is 9.97 Å². The van der Waals surface area contributed by atoms with E-state index in [4.69, 9.17) is 5.73 Å². The molecule has 0 aromatic carbocycles. The molecule has 2 atom stereocenters. The van der Waals surface area contributed by atoms with Crippen LogP contribution < -0.4 is 16.0 Å². The second-order valence-corrected chi connectivity index (χ2v) is 7.72. The Morgan fingerprint density at radius 2 is 1.78 bits per heavy atom. The lowest BCUT2D eigenvalue weighted by Crippen LogP contribution is -2.52. The molecule has 7 nitrogen and oxygen atoms in total. The SMILES string of the molecule is CC1CN(c2ncc(C(F)(F)F)cc2C(=O)Nc2ccnc(C(N)=O)c2)CC(C)C1(F)F. The van der Waals surface area contributed by atoms with Crippen molar-refractivity contribution in [3.63, 3.8) is 0 Å². The van der Waals surface area contributed by atoms with Crippen molar-refractivity contribution in [3.8, 4) is 0 Å². The summed E-state index contributed by atoms with van der Waals surface area (Å²) in [4.78, 5) is 33.1. The highest BCUT2D eigenvalue weighted by Gasteiger charge is 2.48. The molecule has 2 amide bonds. The van der Waals surface area contributed by atoms with Crippen LogP contribution in [0.25, 0.3) is 0 Å². The average Bonchev–Trinajstić information content (AvgIpc) is 2.71. The van der Waals surface area contributed by atoms with E-state index in [-0.39, 0.29) is 30.3 Å². The second-order valence-electron chi connectivity index (χ2n) is 7.72. The minimum Gasteiger partial charge on any atom is -0.364 e. The number of aromatic nitrogens is 2. The number of hydrogen-bond acceptors (Lipinski definition) is 5. The van der Waals surface area contributed by atoms with Crippen molar-refractivity contribution in [3.05, 3.63) is 47.4 Å². The fourth-order valence-electron chi connectivity index (χ4n) is 3.51. The summed E-state index contributed by atoms with van der Waals surface area (Å²) in [5.41, 5.74) is 3.44. The highest BCUT2D eigenvalue weighted by atomic mass is 19.4. The van der Waals surface area contributed by atoms with Gasteiger partial charge in [-0.15, -0.1) is 0 Å². The Morgan fingerprint density at radius 3 is 2.34 bits per heavy atom. The first-order chi connectivity index (χ1) is 14.8. The summed E-state index contributed by atoms with van der Waals surface area (Å²) in [7, 11) is 0. The number of carbonyl (C=O) groups excluding carboxylic acids is 2. The maximum absolute atomic E-state index is 14.2. The number of alkyl halides is 5. The molecule has 2 unspecified atom stereocenters. The molecule has 1 aliphatic heterocycles. The molecule has 3 heterocycles. The molecule has 1 fully saturated rings. The van der Waals surface area contributed by atoms with Crippen molar-refractivity contribution in [2.75, 3.05) is 23.3 Å². The molecule has 2 aromatic heterocycles. The van der Waals surface area contributed by atoms with E-state index in [0.29, 0.717) is 12.3 Å². The Bertz CT molecular complexity index is 1030. The number of amides is 2. The summed E-state index contributed by atoms with van der Waals surface area (Å²) >= 11 is 0. The lowest BCUT2D eigenvalue weighted by atomic mass is 9.87. The summed E-state index contributed by atoms with van der Waals surface area (Å²) < 4.78 is 68.2. The van der Waals surface area contributed by atoms with Crippen LogP contribution in [0.5, 0.6) is 0 Å². The molecular formula is C20H20F5N5O2. The number of anilines is 2. The van der Waals surface area contributed by atoms with E-state index < -0.39 is 46.9 Å². The number of hydrogen-bond donors (Lipinski definition) is 2. The predicted molar refractivity (Wildman–Crippen MR) is 105 cm³/mol. The molecule has 0 spiro atoms. The number of nitrogens with one attached hydrogen (secondary N) is 1. The van der Waals surface area contributed by atoms with Gasteiger partial charge in [0, 0.05) is 43.0 Å². The summed E-state index contributed by atoms with van der Waals surface area (Å²) in [5, 5.41) is 2.38. The number of nitrogens with two attached hydrogens (primary N) is 1. The fraction of sp³-hybridized carbons (Fsp3) is 0.400. The molecular weight excluding hydrogens is 437 g/mol. The van der Waals surface area contributed by atoms with E-state index in [2.05, 4.69) is 15.3 Å². The average molecular weight is 457 g/mol. The molecule has 3 N–H and O–H groups in total. The van der Waals surface area contributed by atoms with Gasteiger partial charge in [0.05, 0.1) is 11.1 Å². The second kappa shape index (κ2) is 8.32. The van der Waals surface area contributed by atoms with E-state index in [1.807, 2.05) is 0 Å². The zero-order valence-electron chi connectivity index (χ0n) is 17.1. The Balaban J connectivity index is 2.00. The normalized spacial score (nSPS) is 20.7. The lowest BCUT2D eigenvalue weighted by Gasteiger charge is -2.42. The minimum atomic E-state index is -4.77. The van der Waals surface area contributed by atoms with Crippen molar-refractivity contribution in [1.29, 1.82) is 0 Å². The molecule has 0 bridgehead atoms. The van der Waals surface area contributed by atoms with E-state index in [1.54, 1.807) is 0 Å². The first kappa shape index (κ1) is 23.4. The van der Waals surface area contributed by atoms with Crippen LogP contribution in [0.1, 0.15) is 40.3 Å². The monoisotopic (exact) mass is 457 g/mol. The molecule has 12 heteroatoms. The first-order valence-electron chi connectivity index (χ1n) is 9.58. The molecule has 1 saturated heterocycles. The number of carbonyl (C=O) groups is 2. The number of piperidine rings is 1. The van der Waals surface area contributed by atoms with Crippen LogP contribution in [-0.2, 0) is 6.18 Å². The smallest absolute Gasteiger partial charge is 0.364 e. The van der Waals surface area contributed by atoms with E-state index in [1.165, 1.54) is 31.0 Å². The molecule has 0 radical (unpaired) electrons. The van der Waals surface area contributed by atoms with Crippen LogP contribution in [-0.4, -0.2) is 40.8 Å². The van der Waals surface area contributed by atoms with Crippen molar-refractivity contribution in [2.45, 2.75) is 25.9 Å². The van der Waals surface area contributed by atoms with Crippen LogP contribution >= 0.6 is 0 Å². The first-order valence-corrected chi connectivity index (χ1v) is 9.58. The molecule has 172 valence electrons. The van der Waals surface area contributed by atoms with Gasteiger partial charge in [-0.25, -0.2) is 13.8 Å². The number of nitrogens with zero attached hydrogens (tertiary/aromatic N) is 3. The van der Waals surface area contributed by atoms with E-state index >= 15 is 0 Å². The number of primary amides is 1. The summed E-state index contributed by atoms with van der Waals surface area (Å²) in [5.74, 6) is -7.15. The minimum absolute atomic E-state index is 0.0640. The largest absolute Gasteiger partial charge is 0.417 e. The van der Waals surface area contributed by atoms with Gasteiger partial charge in [0.1, 0.15) is 11.5 Å². The molecule has 1 aliphatic rings. The van der Waals surface area contributed by atoms with Gasteiger partial charge in [-0.05, 0) is 18.2 Å². The van der Waals surface area contributed by atoms with Crippen molar-refractivity contribution < 1.29 is 31.5 Å². The van der Waals surface area contributed by atoms with Crippen LogP contribution in [0, 0.1) is 11.8 Å². The zero-order chi connectivity index (χ0) is 23.8. The number of halogens is 5. The van der Waals surface area contributed by atoms with Gasteiger partial charge in [0.25, 0.3) is 17.7 Å². The quantitative estimate of drug-likeness (QED) is 0.684. The Labute approximate surface area is 179 Å². The van der Waals surface area contributed by atoms with Crippen LogP contribution in [0.3, 0.4) is 0 Å². The van der Waals surface area contributed by atoms with Gasteiger partial charge >= 0.3 is 6.18 Å². The number of rotatable bonds is 4. The van der Waals surface area contributed by atoms with E-state index in [9.17, 15) is 31.5 Å². The van der Waals surface area contributed by atoms with Gasteiger partial charge < -0.3 is 16.0 Å². The Hall–Kier alpha value is -3.31. The highest BCUT2D eigenvalue weighted by Crippen LogP contribution is 2.40. The molecule has 2 aromatic rings. The topological polar surface area (TPSA) is 101 Å². The lowest BCUT2D eigenvalue weighted by molar-refractivity contribution is -0.137. The van der Waals surface area contributed by atoms with Gasteiger partial charge in [-0.2, -0.15) is 13.2 Å². The van der Waals surface area contributed by atoms with Gasteiger partial charge in [0.2, 0.25) is 0 Å². The third-order valence-electron chi connectivity index (χ3n) is 5.31. The fourth-order valence-corrected chi connectivity index (χ4v) is 3.51. The standard InChI is InChI=1S/C20H20F5N5O2/c1-10-8-30(9-11(2)19(10,21)22)17-14(5-12(7-28-17)20(23,24)25)18(32)29-13-3-4-27-15(6-13)16(26)31/h3-7,10-11H,8-9H2,1-2H3,(H2,26,31)(H,27,29,32). The number of pyridine rings is 2. The zero-order valence-corrected chi connectivity index (χ0v) is 17.1. The Kier molecular flexibility index (Phi) is 6.07. The van der Waals surface area contributed by atoms with Crippen molar-refractivity contribution >= 4 is 23.3 Å². The third-order valence-corrected chi connectivity index (χ3v) is 5.31. The van der Waals surface area contributed by atoms with Gasteiger partial charge in [-0.1, -0.05) is 13.8 Å².